The normalized spacial score (nSPS) is 10.3. The van der Waals surface area contributed by atoms with E-state index in [1.54, 1.807) is 0 Å². The summed E-state index contributed by atoms with van der Waals surface area (Å²) in [5.41, 5.74) is -0.828. The summed E-state index contributed by atoms with van der Waals surface area (Å²) in [7, 11) is 0. The van der Waals surface area contributed by atoms with Gasteiger partial charge in [0.15, 0.2) is 0 Å². The molecule has 0 spiro atoms. The Hall–Kier alpha value is -2.44. The maximum absolute atomic E-state index is 12.9. The Morgan fingerprint density at radius 3 is 2.81 bits per heavy atom. The predicted molar refractivity (Wildman–Crippen MR) is 51.1 cm³/mol. The molecule has 0 aliphatic carbocycles. The van der Waals surface area contributed by atoms with Crippen molar-refractivity contribution in [3.05, 3.63) is 46.4 Å². The Labute approximate surface area is 88.0 Å². The Kier molecular flexibility index (Phi) is 2.28. The average molecular weight is 223 g/mol. The minimum Gasteiger partial charge on any atom is -0.478 e. The molecule has 0 bridgehead atoms. The molecule has 7 heteroatoms. The molecule has 0 atom stereocenters. The molecule has 1 heterocycles. The van der Waals surface area contributed by atoms with E-state index in [9.17, 15) is 14.0 Å². The Morgan fingerprint density at radius 2 is 2.25 bits per heavy atom. The molecular formula is C9H6FN3O3. The zero-order valence-electron chi connectivity index (χ0n) is 7.85. The van der Waals surface area contributed by atoms with Crippen LogP contribution in [0.4, 0.5) is 4.39 Å². The van der Waals surface area contributed by atoms with Crippen molar-refractivity contribution in [2.75, 3.05) is 0 Å². The summed E-state index contributed by atoms with van der Waals surface area (Å²) in [5, 5.41) is 14.4. The minimum atomic E-state index is -1.32. The maximum Gasteiger partial charge on any atom is 0.347 e. The number of carboxylic acids is 1. The van der Waals surface area contributed by atoms with Crippen molar-refractivity contribution in [2.24, 2.45) is 0 Å². The number of nitrogens with one attached hydrogen (secondary N) is 1. The van der Waals surface area contributed by atoms with E-state index in [1.807, 2.05) is 0 Å². The molecule has 0 fully saturated rings. The second kappa shape index (κ2) is 3.61. The van der Waals surface area contributed by atoms with Crippen molar-refractivity contribution >= 4 is 5.97 Å². The highest BCUT2D eigenvalue weighted by Crippen LogP contribution is 2.14. The summed E-state index contributed by atoms with van der Waals surface area (Å²) in [6.45, 7) is 0. The monoisotopic (exact) mass is 223 g/mol. The molecule has 2 N–H and O–H groups in total. The van der Waals surface area contributed by atoms with Gasteiger partial charge in [0.1, 0.15) is 12.1 Å². The summed E-state index contributed by atoms with van der Waals surface area (Å²) < 4.78 is 13.9. The number of aromatic nitrogens is 3. The van der Waals surface area contributed by atoms with E-state index >= 15 is 0 Å². The third-order valence-electron chi connectivity index (χ3n) is 2.00. The SMILES string of the molecule is O=C(O)c1cc(F)ccc1-n1cn[nH]c1=O. The number of aromatic carboxylic acids is 1. The number of carboxylic acid groups (broad SMARTS) is 1. The lowest BCUT2D eigenvalue weighted by Gasteiger charge is -2.04. The lowest BCUT2D eigenvalue weighted by Crippen LogP contribution is -2.17. The molecule has 6 nitrogen and oxygen atoms in total. The number of rotatable bonds is 2. The molecule has 16 heavy (non-hydrogen) atoms. The molecule has 82 valence electrons. The average Bonchev–Trinajstić information content (AvgIpc) is 2.64. The van der Waals surface area contributed by atoms with Gasteiger partial charge in [0.25, 0.3) is 0 Å². The first-order chi connectivity index (χ1) is 7.59. The van der Waals surface area contributed by atoms with Gasteiger partial charge >= 0.3 is 11.7 Å². The number of benzene rings is 1. The van der Waals surface area contributed by atoms with E-state index in [0.717, 1.165) is 23.0 Å². The standard InChI is InChI=1S/C9H6FN3O3/c10-5-1-2-7(6(3-5)8(14)15)13-4-11-12-9(13)16/h1-4H,(H,12,16)(H,14,15). The molecular weight excluding hydrogens is 217 g/mol. The first-order valence-electron chi connectivity index (χ1n) is 4.25. The van der Waals surface area contributed by atoms with Crippen molar-refractivity contribution in [3.63, 3.8) is 0 Å². The Bertz CT molecular complexity index is 602. The van der Waals surface area contributed by atoms with Gasteiger partial charge in [-0.1, -0.05) is 0 Å². The smallest absolute Gasteiger partial charge is 0.347 e. The zero-order chi connectivity index (χ0) is 11.7. The molecule has 2 aromatic rings. The van der Waals surface area contributed by atoms with Crippen molar-refractivity contribution in [1.82, 2.24) is 14.8 Å². The lowest BCUT2D eigenvalue weighted by molar-refractivity contribution is 0.0696. The summed E-state index contributed by atoms with van der Waals surface area (Å²) in [4.78, 5) is 22.1. The molecule has 0 unspecified atom stereocenters. The Balaban J connectivity index is 2.70. The molecule has 0 saturated heterocycles. The number of halogens is 1. The number of H-pyrrole nitrogens is 1. The largest absolute Gasteiger partial charge is 0.478 e. The maximum atomic E-state index is 12.9. The van der Waals surface area contributed by atoms with E-state index in [4.69, 9.17) is 5.11 Å². The zero-order valence-corrected chi connectivity index (χ0v) is 7.85. The molecule has 1 aromatic carbocycles. The number of hydrogen-bond donors (Lipinski definition) is 2. The van der Waals surface area contributed by atoms with Crippen molar-refractivity contribution in [2.45, 2.75) is 0 Å². The van der Waals surface area contributed by atoms with E-state index in [2.05, 4.69) is 10.2 Å². The molecule has 0 saturated carbocycles. The first kappa shape index (κ1) is 10.1. The first-order valence-corrected chi connectivity index (χ1v) is 4.25. The summed E-state index contributed by atoms with van der Waals surface area (Å²) >= 11 is 0. The fourth-order valence-electron chi connectivity index (χ4n) is 1.31. The summed E-state index contributed by atoms with van der Waals surface area (Å²) in [6, 6.07) is 3.12. The van der Waals surface area contributed by atoms with Crippen LogP contribution >= 0.6 is 0 Å². The van der Waals surface area contributed by atoms with Crippen LogP contribution < -0.4 is 5.69 Å². The van der Waals surface area contributed by atoms with Gasteiger partial charge in [0, 0.05) is 0 Å². The fraction of sp³-hybridized carbons (Fsp3) is 0. The second-order valence-electron chi connectivity index (χ2n) is 3.00. The van der Waals surface area contributed by atoms with Crippen LogP contribution in [-0.4, -0.2) is 25.8 Å². The van der Waals surface area contributed by atoms with Crippen LogP contribution in [0.15, 0.2) is 29.3 Å². The van der Waals surface area contributed by atoms with Crippen LogP contribution in [0.25, 0.3) is 5.69 Å². The van der Waals surface area contributed by atoms with Crippen molar-refractivity contribution < 1.29 is 14.3 Å². The highest BCUT2D eigenvalue weighted by atomic mass is 19.1. The van der Waals surface area contributed by atoms with E-state index in [1.165, 1.54) is 6.07 Å². The second-order valence-corrected chi connectivity index (χ2v) is 3.00. The predicted octanol–water partition coefficient (Wildman–Crippen LogP) is 0.398. The third-order valence-corrected chi connectivity index (χ3v) is 2.00. The van der Waals surface area contributed by atoms with E-state index in [0.29, 0.717) is 0 Å². The molecule has 0 aliphatic heterocycles. The minimum absolute atomic E-state index is 0.0626. The van der Waals surface area contributed by atoms with Gasteiger partial charge in [-0.15, -0.1) is 0 Å². The van der Waals surface area contributed by atoms with Gasteiger partial charge in [-0.3, -0.25) is 0 Å². The van der Waals surface area contributed by atoms with Gasteiger partial charge in [-0.05, 0) is 18.2 Å². The van der Waals surface area contributed by atoms with Crippen LogP contribution in [0.2, 0.25) is 0 Å². The third kappa shape index (κ3) is 1.58. The van der Waals surface area contributed by atoms with Crippen LogP contribution in [-0.2, 0) is 0 Å². The van der Waals surface area contributed by atoms with Gasteiger partial charge in [0.05, 0.1) is 11.3 Å². The van der Waals surface area contributed by atoms with Crippen LogP contribution in [0, 0.1) is 5.82 Å². The topological polar surface area (TPSA) is 88.0 Å². The van der Waals surface area contributed by atoms with Gasteiger partial charge in [-0.25, -0.2) is 23.6 Å². The quantitative estimate of drug-likeness (QED) is 0.771. The van der Waals surface area contributed by atoms with Crippen LogP contribution in [0.1, 0.15) is 10.4 Å². The summed E-state index contributed by atoms with van der Waals surface area (Å²) in [6.07, 6.45) is 1.13. The molecule has 2 rings (SSSR count). The fourth-order valence-corrected chi connectivity index (χ4v) is 1.31. The molecule has 1 aromatic heterocycles. The van der Waals surface area contributed by atoms with E-state index < -0.39 is 17.5 Å². The van der Waals surface area contributed by atoms with Gasteiger partial charge in [-0.2, -0.15) is 5.10 Å². The molecule has 0 radical (unpaired) electrons. The summed E-state index contributed by atoms with van der Waals surface area (Å²) in [5.74, 6) is -2.00. The molecule has 0 amide bonds. The van der Waals surface area contributed by atoms with Crippen LogP contribution in [0.3, 0.4) is 0 Å². The van der Waals surface area contributed by atoms with Gasteiger partial charge < -0.3 is 5.11 Å². The number of hydrogen-bond acceptors (Lipinski definition) is 3. The number of aromatic amines is 1. The number of nitrogens with zero attached hydrogens (tertiary/aromatic N) is 2. The van der Waals surface area contributed by atoms with Crippen molar-refractivity contribution in [3.8, 4) is 5.69 Å². The van der Waals surface area contributed by atoms with Crippen molar-refractivity contribution in [1.29, 1.82) is 0 Å². The highest BCUT2D eigenvalue weighted by molar-refractivity contribution is 5.91. The Morgan fingerprint density at radius 1 is 1.50 bits per heavy atom. The van der Waals surface area contributed by atoms with Crippen LogP contribution in [0.5, 0.6) is 0 Å². The van der Waals surface area contributed by atoms with E-state index in [-0.39, 0.29) is 11.3 Å². The highest BCUT2D eigenvalue weighted by Gasteiger charge is 2.14. The lowest BCUT2D eigenvalue weighted by atomic mass is 10.1. The number of carbonyl (C=O) groups is 1. The molecule has 0 aliphatic rings. The van der Waals surface area contributed by atoms with Gasteiger partial charge in [0.2, 0.25) is 0 Å².